The third kappa shape index (κ3) is 2.59. The molecule has 0 aliphatic carbocycles. The molecule has 1 atom stereocenters. The third-order valence-electron chi connectivity index (χ3n) is 4.79. The highest BCUT2D eigenvalue weighted by molar-refractivity contribution is 7.21. The van der Waals surface area contributed by atoms with Gasteiger partial charge in [-0.3, -0.25) is 9.59 Å². The van der Waals surface area contributed by atoms with Gasteiger partial charge in [-0.05, 0) is 30.7 Å². The summed E-state index contributed by atoms with van der Waals surface area (Å²) in [6.07, 6.45) is 0. The molecule has 4 rings (SSSR count). The number of benzene rings is 2. The second-order valence-corrected chi connectivity index (χ2v) is 7.97. The van der Waals surface area contributed by atoms with Crippen LogP contribution in [-0.2, 0) is 10.2 Å². The van der Waals surface area contributed by atoms with E-state index in [9.17, 15) is 18.4 Å². The Balaban J connectivity index is 1.95. The summed E-state index contributed by atoms with van der Waals surface area (Å²) in [5, 5.41) is 2.99. The number of rotatable bonds is 2. The van der Waals surface area contributed by atoms with Crippen molar-refractivity contribution in [3.05, 3.63) is 75.6 Å². The standard InChI is InChI=1S/C20H12ClF2NO2S/c1-20(10-6-8-11(22)9-7-10)16(25)15-14(12-4-2-3-5-13(12)23)17(21)27-18(15)24-19(20)26/h2-9H,1H3,(H,24,26). The normalized spacial score (nSPS) is 19.0. The lowest BCUT2D eigenvalue weighted by atomic mass is 9.73. The summed E-state index contributed by atoms with van der Waals surface area (Å²) < 4.78 is 27.9. The Hall–Kier alpha value is -2.57. The molecule has 1 aliphatic heterocycles. The van der Waals surface area contributed by atoms with E-state index >= 15 is 0 Å². The highest BCUT2D eigenvalue weighted by atomic mass is 35.5. The molecule has 1 aromatic heterocycles. The van der Waals surface area contributed by atoms with Gasteiger partial charge in [0, 0.05) is 11.1 Å². The molecule has 2 heterocycles. The minimum atomic E-state index is -1.58. The van der Waals surface area contributed by atoms with Crippen molar-refractivity contribution in [3.63, 3.8) is 0 Å². The van der Waals surface area contributed by atoms with E-state index < -0.39 is 28.7 Å². The first kappa shape index (κ1) is 17.8. The molecular weight excluding hydrogens is 392 g/mol. The summed E-state index contributed by atoms with van der Waals surface area (Å²) in [6.45, 7) is 1.47. The molecule has 0 fully saturated rings. The van der Waals surface area contributed by atoms with Crippen LogP contribution in [0.3, 0.4) is 0 Å². The maximum Gasteiger partial charge on any atom is 0.243 e. The number of anilines is 1. The first-order valence-electron chi connectivity index (χ1n) is 8.03. The number of thiophene rings is 1. The van der Waals surface area contributed by atoms with Crippen LogP contribution in [-0.4, -0.2) is 11.7 Å². The second kappa shape index (κ2) is 6.25. The fourth-order valence-electron chi connectivity index (χ4n) is 3.24. The molecule has 0 spiro atoms. The first-order valence-corrected chi connectivity index (χ1v) is 9.23. The van der Waals surface area contributed by atoms with Gasteiger partial charge in [0.15, 0.2) is 5.78 Å². The van der Waals surface area contributed by atoms with Crippen molar-refractivity contribution in [2.75, 3.05) is 5.32 Å². The zero-order chi connectivity index (χ0) is 19.3. The lowest BCUT2D eigenvalue weighted by molar-refractivity contribution is -0.119. The van der Waals surface area contributed by atoms with Crippen molar-refractivity contribution >= 4 is 39.6 Å². The van der Waals surface area contributed by atoms with Crippen molar-refractivity contribution in [1.29, 1.82) is 0 Å². The number of hydrogen-bond donors (Lipinski definition) is 1. The predicted octanol–water partition coefficient (Wildman–Crippen LogP) is 5.44. The molecule has 0 radical (unpaired) electrons. The Labute approximate surface area is 162 Å². The Morgan fingerprint density at radius 3 is 2.33 bits per heavy atom. The summed E-state index contributed by atoms with van der Waals surface area (Å²) in [6, 6.07) is 11.2. The zero-order valence-electron chi connectivity index (χ0n) is 14.0. The van der Waals surface area contributed by atoms with Crippen molar-refractivity contribution in [2.24, 2.45) is 0 Å². The van der Waals surface area contributed by atoms with Gasteiger partial charge in [0.25, 0.3) is 0 Å². The summed E-state index contributed by atoms with van der Waals surface area (Å²) in [5.41, 5.74) is -0.620. The molecule has 136 valence electrons. The molecular formula is C20H12ClF2NO2S. The molecule has 27 heavy (non-hydrogen) atoms. The van der Waals surface area contributed by atoms with Gasteiger partial charge < -0.3 is 5.32 Å². The van der Waals surface area contributed by atoms with Gasteiger partial charge in [-0.1, -0.05) is 41.9 Å². The lowest BCUT2D eigenvalue weighted by Crippen LogP contribution is -2.48. The van der Waals surface area contributed by atoms with Crippen molar-refractivity contribution in [2.45, 2.75) is 12.3 Å². The smallest absolute Gasteiger partial charge is 0.243 e. The number of nitrogens with one attached hydrogen (secondary N) is 1. The molecule has 2 aromatic carbocycles. The lowest BCUT2D eigenvalue weighted by Gasteiger charge is -2.31. The van der Waals surface area contributed by atoms with Gasteiger partial charge >= 0.3 is 0 Å². The fourth-order valence-corrected chi connectivity index (χ4v) is 4.60. The van der Waals surface area contributed by atoms with Crippen LogP contribution in [0, 0.1) is 11.6 Å². The van der Waals surface area contributed by atoms with E-state index in [-0.39, 0.29) is 26.0 Å². The Morgan fingerprint density at radius 2 is 1.67 bits per heavy atom. The maximum atomic E-state index is 14.4. The highest BCUT2D eigenvalue weighted by Crippen LogP contribution is 2.49. The van der Waals surface area contributed by atoms with Gasteiger partial charge in [0.1, 0.15) is 26.4 Å². The molecule has 1 N–H and O–H groups in total. The average molecular weight is 404 g/mol. The Kier molecular flexibility index (Phi) is 4.13. The minimum Gasteiger partial charge on any atom is -0.316 e. The summed E-state index contributed by atoms with van der Waals surface area (Å²) in [4.78, 5) is 26.2. The molecule has 0 bridgehead atoms. The number of fused-ring (bicyclic) bond motifs is 1. The van der Waals surface area contributed by atoms with E-state index in [4.69, 9.17) is 11.6 Å². The number of Topliss-reactive ketones (excluding diaryl/α,β-unsaturated/α-hetero) is 1. The second-order valence-electron chi connectivity index (χ2n) is 6.35. The van der Waals surface area contributed by atoms with Crippen molar-refractivity contribution in [3.8, 4) is 11.1 Å². The van der Waals surface area contributed by atoms with Gasteiger partial charge in [-0.2, -0.15) is 0 Å². The minimum absolute atomic E-state index is 0.168. The van der Waals surface area contributed by atoms with Crippen LogP contribution in [0.5, 0.6) is 0 Å². The molecule has 0 saturated carbocycles. The van der Waals surface area contributed by atoms with E-state index in [2.05, 4.69) is 5.32 Å². The molecule has 3 aromatic rings. The molecule has 3 nitrogen and oxygen atoms in total. The Bertz CT molecular complexity index is 1090. The summed E-state index contributed by atoms with van der Waals surface area (Å²) in [7, 11) is 0. The third-order valence-corrected chi connectivity index (χ3v) is 6.11. The molecule has 1 aliphatic rings. The van der Waals surface area contributed by atoms with Crippen LogP contribution in [0.4, 0.5) is 13.8 Å². The fraction of sp³-hybridized carbons (Fsp3) is 0.100. The molecule has 1 unspecified atom stereocenters. The highest BCUT2D eigenvalue weighted by Gasteiger charge is 2.49. The zero-order valence-corrected chi connectivity index (χ0v) is 15.5. The van der Waals surface area contributed by atoms with Gasteiger partial charge in [0.05, 0.1) is 5.56 Å². The summed E-state index contributed by atoms with van der Waals surface area (Å²) in [5.74, 6) is -2.04. The van der Waals surface area contributed by atoms with Crippen molar-refractivity contribution in [1.82, 2.24) is 0 Å². The van der Waals surface area contributed by atoms with E-state index in [0.717, 1.165) is 11.3 Å². The van der Waals surface area contributed by atoms with Gasteiger partial charge in [-0.25, -0.2) is 8.78 Å². The number of carbonyl (C=O) groups excluding carboxylic acids is 2. The maximum absolute atomic E-state index is 14.4. The number of carbonyl (C=O) groups is 2. The van der Waals surface area contributed by atoms with Crippen molar-refractivity contribution < 1.29 is 18.4 Å². The quantitative estimate of drug-likeness (QED) is 0.579. The van der Waals surface area contributed by atoms with Crippen LogP contribution in [0.1, 0.15) is 22.8 Å². The van der Waals surface area contributed by atoms with E-state index in [0.29, 0.717) is 5.56 Å². The molecule has 1 amide bonds. The van der Waals surface area contributed by atoms with Gasteiger partial charge in [0.2, 0.25) is 5.91 Å². The van der Waals surface area contributed by atoms with Crippen LogP contribution >= 0.6 is 22.9 Å². The number of hydrogen-bond acceptors (Lipinski definition) is 3. The van der Waals surface area contributed by atoms with E-state index in [1.165, 1.54) is 49.4 Å². The summed E-state index contributed by atoms with van der Waals surface area (Å²) >= 11 is 7.33. The van der Waals surface area contributed by atoms with Gasteiger partial charge in [-0.15, -0.1) is 11.3 Å². The van der Waals surface area contributed by atoms with Crippen LogP contribution in [0.2, 0.25) is 4.34 Å². The number of ketones is 1. The first-order chi connectivity index (χ1) is 12.8. The average Bonchev–Trinajstić information content (AvgIpc) is 2.96. The van der Waals surface area contributed by atoms with Crippen LogP contribution in [0.25, 0.3) is 11.1 Å². The Morgan fingerprint density at radius 1 is 1.00 bits per heavy atom. The largest absolute Gasteiger partial charge is 0.316 e. The van der Waals surface area contributed by atoms with Crippen LogP contribution < -0.4 is 5.32 Å². The number of halogens is 3. The number of amides is 1. The van der Waals surface area contributed by atoms with E-state index in [1.807, 2.05) is 0 Å². The monoisotopic (exact) mass is 403 g/mol. The topological polar surface area (TPSA) is 46.2 Å². The van der Waals surface area contributed by atoms with Crippen LogP contribution in [0.15, 0.2) is 48.5 Å². The predicted molar refractivity (Wildman–Crippen MR) is 101 cm³/mol. The molecule has 0 saturated heterocycles. The SMILES string of the molecule is CC1(c2ccc(F)cc2)C(=O)Nc2sc(Cl)c(-c3ccccc3F)c2C1=O. The van der Waals surface area contributed by atoms with E-state index in [1.54, 1.807) is 6.07 Å². The molecule has 7 heteroatoms.